The van der Waals surface area contributed by atoms with Crippen LogP contribution in [-0.2, 0) is 15.6 Å². The number of carbonyl (C=O) groups excluding carboxylic acids is 1. The quantitative estimate of drug-likeness (QED) is 0.162. The van der Waals surface area contributed by atoms with Gasteiger partial charge in [0.2, 0.25) is 5.91 Å². The zero-order valence-corrected chi connectivity index (χ0v) is 20.1. The third-order valence-electron chi connectivity index (χ3n) is 4.84. The SMILES string of the molecule is C\C=C/C(=C\C=C\C(NC(CS(=O)CC(C)C)C(=O)NC1(C#N)CC1)C(N)(F)F)C(O)C(F)F. The van der Waals surface area contributed by atoms with E-state index in [4.69, 9.17) is 5.73 Å². The topological polar surface area (TPSA) is 128 Å². The van der Waals surface area contributed by atoms with Gasteiger partial charge in [-0.1, -0.05) is 44.2 Å². The molecule has 0 aromatic carbocycles. The fourth-order valence-corrected chi connectivity index (χ4v) is 4.42. The van der Waals surface area contributed by atoms with E-state index >= 15 is 0 Å². The smallest absolute Gasteiger partial charge is 0.318 e. The Hall–Kier alpha value is -2.07. The highest BCUT2D eigenvalue weighted by atomic mass is 32.2. The lowest BCUT2D eigenvalue weighted by atomic mass is 10.1. The average molecular weight is 509 g/mol. The first-order valence-corrected chi connectivity index (χ1v) is 12.2. The Balaban J connectivity index is 3.16. The second-order valence-corrected chi connectivity index (χ2v) is 10.1. The molecule has 0 aromatic rings. The number of nitriles is 1. The largest absolute Gasteiger partial charge is 0.382 e. The van der Waals surface area contributed by atoms with Gasteiger partial charge in [-0.2, -0.15) is 14.0 Å². The van der Waals surface area contributed by atoms with E-state index in [0.717, 1.165) is 18.2 Å². The van der Waals surface area contributed by atoms with E-state index in [1.165, 1.54) is 19.1 Å². The molecule has 0 heterocycles. The van der Waals surface area contributed by atoms with Gasteiger partial charge >= 0.3 is 6.05 Å². The molecule has 1 fully saturated rings. The summed E-state index contributed by atoms with van der Waals surface area (Å²) in [5, 5.41) is 23.7. The predicted molar refractivity (Wildman–Crippen MR) is 122 cm³/mol. The van der Waals surface area contributed by atoms with E-state index in [9.17, 15) is 36.9 Å². The minimum Gasteiger partial charge on any atom is -0.382 e. The van der Waals surface area contributed by atoms with Crippen LogP contribution in [0.25, 0.3) is 0 Å². The van der Waals surface area contributed by atoms with Crippen LogP contribution in [0.4, 0.5) is 17.6 Å². The molecule has 1 aliphatic carbocycles. The van der Waals surface area contributed by atoms with E-state index in [1.54, 1.807) is 0 Å². The van der Waals surface area contributed by atoms with Crippen LogP contribution in [0.15, 0.2) is 36.0 Å². The Bertz CT molecular complexity index is 846. The van der Waals surface area contributed by atoms with Crippen molar-refractivity contribution in [2.75, 3.05) is 11.5 Å². The number of aliphatic hydroxyl groups is 1. The highest BCUT2D eigenvalue weighted by molar-refractivity contribution is 7.85. The Labute approximate surface area is 199 Å². The first-order chi connectivity index (χ1) is 15.7. The molecular weight excluding hydrogens is 476 g/mol. The molecule has 4 unspecified atom stereocenters. The lowest BCUT2D eigenvalue weighted by Gasteiger charge is -2.27. The van der Waals surface area contributed by atoms with E-state index in [1.807, 2.05) is 19.9 Å². The van der Waals surface area contributed by atoms with Crippen LogP contribution in [0.5, 0.6) is 0 Å². The van der Waals surface area contributed by atoms with Crippen molar-refractivity contribution in [3.8, 4) is 6.07 Å². The monoisotopic (exact) mass is 508 g/mol. The number of amides is 1. The summed E-state index contributed by atoms with van der Waals surface area (Å²) in [7, 11) is -1.53. The number of hydrogen-bond acceptors (Lipinski definition) is 6. The number of halogens is 4. The molecule has 1 amide bonds. The zero-order chi connectivity index (χ0) is 26.1. The Morgan fingerprint density at radius 1 is 1.32 bits per heavy atom. The van der Waals surface area contributed by atoms with Crippen molar-refractivity contribution in [2.24, 2.45) is 11.7 Å². The van der Waals surface area contributed by atoms with Gasteiger partial charge in [0.1, 0.15) is 17.7 Å². The third-order valence-corrected chi connectivity index (χ3v) is 6.59. The molecule has 34 heavy (non-hydrogen) atoms. The summed E-state index contributed by atoms with van der Waals surface area (Å²) >= 11 is 0. The summed E-state index contributed by atoms with van der Waals surface area (Å²) in [6.45, 7) is 5.16. The molecule has 5 N–H and O–H groups in total. The van der Waals surface area contributed by atoms with E-state index in [0.29, 0.717) is 12.8 Å². The summed E-state index contributed by atoms with van der Waals surface area (Å²) in [4.78, 5) is 12.8. The van der Waals surface area contributed by atoms with Gasteiger partial charge < -0.3 is 10.4 Å². The minimum absolute atomic E-state index is 0.0292. The van der Waals surface area contributed by atoms with Gasteiger partial charge in [0.15, 0.2) is 0 Å². The van der Waals surface area contributed by atoms with Gasteiger partial charge in [0.25, 0.3) is 6.43 Å². The fraction of sp³-hybridized carbons (Fsp3) is 0.636. The molecule has 0 spiro atoms. The molecular formula is C22H32F4N4O3S. The first kappa shape index (κ1) is 30.0. The highest BCUT2D eigenvalue weighted by Crippen LogP contribution is 2.34. The van der Waals surface area contributed by atoms with Crippen LogP contribution in [0, 0.1) is 17.2 Å². The van der Waals surface area contributed by atoms with E-state index < -0.39 is 52.9 Å². The molecule has 0 bridgehead atoms. The number of hydrogen-bond donors (Lipinski definition) is 4. The average Bonchev–Trinajstić information content (AvgIpc) is 3.49. The van der Waals surface area contributed by atoms with Crippen molar-refractivity contribution >= 4 is 16.7 Å². The molecule has 4 atom stereocenters. The summed E-state index contributed by atoms with van der Waals surface area (Å²) in [5.74, 6) is -0.802. The lowest BCUT2D eigenvalue weighted by Crippen LogP contribution is -2.59. The Kier molecular flexibility index (Phi) is 11.6. The minimum atomic E-state index is -3.88. The van der Waals surface area contributed by atoms with Crippen molar-refractivity contribution in [1.29, 1.82) is 5.26 Å². The van der Waals surface area contributed by atoms with Crippen LogP contribution in [0.3, 0.4) is 0 Å². The van der Waals surface area contributed by atoms with Gasteiger partial charge in [0.05, 0.1) is 12.1 Å². The summed E-state index contributed by atoms with van der Waals surface area (Å²) in [5.41, 5.74) is 3.69. The third kappa shape index (κ3) is 10.0. The molecule has 192 valence electrons. The second kappa shape index (κ2) is 13.1. The number of nitrogens with two attached hydrogens (primary N) is 1. The van der Waals surface area contributed by atoms with Crippen molar-refractivity contribution in [1.82, 2.24) is 10.6 Å². The lowest BCUT2D eigenvalue weighted by molar-refractivity contribution is -0.124. The maximum absolute atomic E-state index is 14.1. The maximum Gasteiger partial charge on any atom is 0.318 e. The van der Waals surface area contributed by atoms with Gasteiger partial charge in [-0.3, -0.25) is 20.1 Å². The van der Waals surface area contributed by atoms with Crippen LogP contribution in [0.2, 0.25) is 0 Å². The number of carbonyl (C=O) groups is 1. The number of rotatable bonds is 14. The number of allylic oxidation sites excluding steroid dienone is 3. The molecule has 0 saturated heterocycles. The molecule has 1 saturated carbocycles. The van der Waals surface area contributed by atoms with Gasteiger partial charge in [-0.15, -0.1) is 0 Å². The molecule has 1 aliphatic rings. The second-order valence-electron chi connectivity index (χ2n) is 8.55. The van der Waals surface area contributed by atoms with Crippen molar-refractivity contribution in [3.05, 3.63) is 36.0 Å². The van der Waals surface area contributed by atoms with Crippen molar-refractivity contribution in [2.45, 2.75) is 69.8 Å². The number of nitrogens with one attached hydrogen (secondary N) is 2. The van der Waals surface area contributed by atoms with Crippen molar-refractivity contribution < 1.29 is 31.7 Å². The Morgan fingerprint density at radius 2 is 1.94 bits per heavy atom. The van der Waals surface area contributed by atoms with Crippen LogP contribution < -0.4 is 16.4 Å². The van der Waals surface area contributed by atoms with Crippen LogP contribution in [-0.4, -0.2) is 62.9 Å². The normalized spacial score (nSPS) is 19.9. The van der Waals surface area contributed by atoms with Gasteiger partial charge in [-0.05, 0) is 31.3 Å². The predicted octanol–water partition coefficient (Wildman–Crippen LogP) is 2.13. The number of nitrogens with zero attached hydrogens (tertiary/aromatic N) is 1. The number of aliphatic hydroxyl groups excluding tert-OH is 1. The maximum atomic E-state index is 14.1. The fourth-order valence-electron chi connectivity index (χ4n) is 2.92. The molecule has 0 aliphatic heterocycles. The summed E-state index contributed by atoms with van der Waals surface area (Å²) in [6, 6.07) is -5.22. The van der Waals surface area contributed by atoms with Crippen LogP contribution >= 0.6 is 0 Å². The van der Waals surface area contributed by atoms with Crippen LogP contribution in [0.1, 0.15) is 33.6 Å². The van der Waals surface area contributed by atoms with Gasteiger partial charge in [-0.25, -0.2) is 8.78 Å². The molecule has 12 heteroatoms. The molecule has 1 rings (SSSR count). The highest BCUT2D eigenvalue weighted by Gasteiger charge is 2.46. The van der Waals surface area contributed by atoms with E-state index in [2.05, 4.69) is 10.6 Å². The first-order valence-electron chi connectivity index (χ1n) is 10.7. The molecule has 0 aromatic heterocycles. The van der Waals surface area contributed by atoms with Gasteiger partial charge in [0, 0.05) is 22.3 Å². The standard InChI is InChI=1S/C22H32F4N4O3S/c1-4-6-15(18(31)19(23)24)7-5-8-17(22(25,26)28)29-16(12-34(33)11-14(2)3)20(32)30-21(13-27)9-10-21/h4-8,14,16-19,29,31H,9-12,28H2,1-3H3,(H,30,32)/b6-4-,8-5+,15-7+. The summed E-state index contributed by atoms with van der Waals surface area (Å²) in [6.07, 6.45) is 1.12. The Morgan fingerprint density at radius 3 is 2.38 bits per heavy atom. The van der Waals surface area contributed by atoms with E-state index in [-0.39, 0.29) is 23.0 Å². The molecule has 7 nitrogen and oxygen atoms in total. The zero-order valence-electron chi connectivity index (χ0n) is 19.3. The number of alkyl halides is 4. The van der Waals surface area contributed by atoms with Crippen molar-refractivity contribution in [3.63, 3.8) is 0 Å². The summed E-state index contributed by atoms with van der Waals surface area (Å²) < 4.78 is 66.3. The molecule has 0 radical (unpaired) electrons.